The van der Waals surface area contributed by atoms with Crippen molar-refractivity contribution in [3.63, 3.8) is 0 Å². The molecule has 0 radical (unpaired) electrons. The second-order valence-electron chi connectivity index (χ2n) is 4.24. The molecule has 1 fully saturated rings. The van der Waals surface area contributed by atoms with Crippen molar-refractivity contribution in [3.05, 3.63) is 44.9 Å². The van der Waals surface area contributed by atoms with Crippen LogP contribution in [0.3, 0.4) is 0 Å². The molecule has 2 aromatic heterocycles. The molecule has 1 saturated heterocycles. The molecule has 1 atom stereocenters. The summed E-state index contributed by atoms with van der Waals surface area (Å²) in [6, 6.07) is 5.56. The van der Waals surface area contributed by atoms with Gasteiger partial charge >= 0.3 is 0 Å². The summed E-state index contributed by atoms with van der Waals surface area (Å²) < 4.78 is 2.49. The number of halogens is 1. The topological polar surface area (TPSA) is 46.4 Å². The fourth-order valence-corrected chi connectivity index (χ4v) is 2.53. The van der Waals surface area contributed by atoms with Crippen molar-refractivity contribution >= 4 is 21.6 Å². The zero-order chi connectivity index (χ0) is 11.8. The third-order valence-corrected chi connectivity index (χ3v) is 3.56. The molecule has 0 amide bonds. The van der Waals surface area contributed by atoms with Crippen LogP contribution in [0.1, 0.15) is 24.6 Å². The van der Waals surface area contributed by atoms with Crippen LogP contribution in [0.2, 0.25) is 0 Å². The Morgan fingerprint density at radius 1 is 1.47 bits per heavy atom. The largest absolute Gasteiger partial charge is 0.309 e. The van der Waals surface area contributed by atoms with Crippen molar-refractivity contribution in [2.24, 2.45) is 0 Å². The Balaban J connectivity index is 2.18. The van der Waals surface area contributed by atoms with Crippen LogP contribution >= 0.6 is 15.9 Å². The van der Waals surface area contributed by atoms with E-state index in [-0.39, 0.29) is 11.6 Å². The minimum atomic E-state index is -0.0220. The van der Waals surface area contributed by atoms with Gasteiger partial charge in [-0.2, -0.15) is 0 Å². The van der Waals surface area contributed by atoms with Gasteiger partial charge in [-0.1, -0.05) is 15.9 Å². The van der Waals surface area contributed by atoms with Crippen LogP contribution in [0.4, 0.5) is 0 Å². The van der Waals surface area contributed by atoms with Crippen LogP contribution in [-0.4, -0.2) is 15.9 Å². The van der Waals surface area contributed by atoms with E-state index in [2.05, 4.69) is 26.2 Å². The molecule has 1 N–H and O–H groups in total. The van der Waals surface area contributed by atoms with Gasteiger partial charge in [-0.3, -0.25) is 9.20 Å². The number of pyridine rings is 1. The molecule has 3 rings (SSSR count). The summed E-state index contributed by atoms with van der Waals surface area (Å²) >= 11 is 3.39. The predicted molar refractivity (Wildman–Crippen MR) is 69.1 cm³/mol. The first kappa shape index (κ1) is 10.9. The van der Waals surface area contributed by atoms with Crippen LogP contribution in [0.25, 0.3) is 5.65 Å². The minimum absolute atomic E-state index is 0.0220. The van der Waals surface area contributed by atoms with E-state index in [9.17, 15) is 4.79 Å². The maximum Gasteiger partial charge on any atom is 0.258 e. The molecule has 0 spiro atoms. The van der Waals surface area contributed by atoms with Crippen LogP contribution in [0.15, 0.2) is 33.7 Å². The maximum absolute atomic E-state index is 11.9. The zero-order valence-corrected chi connectivity index (χ0v) is 10.8. The van der Waals surface area contributed by atoms with Gasteiger partial charge in [0.25, 0.3) is 5.56 Å². The smallest absolute Gasteiger partial charge is 0.258 e. The average Bonchev–Trinajstić information content (AvgIpc) is 2.81. The molecule has 4 nitrogen and oxygen atoms in total. The normalized spacial score (nSPS) is 19.9. The van der Waals surface area contributed by atoms with Gasteiger partial charge in [0.2, 0.25) is 0 Å². The van der Waals surface area contributed by atoms with Gasteiger partial charge in [-0.15, -0.1) is 0 Å². The first-order valence-electron chi connectivity index (χ1n) is 5.66. The van der Waals surface area contributed by atoms with Crippen molar-refractivity contribution < 1.29 is 0 Å². The molecular weight excluding hydrogens is 282 g/mol. The molecule has 5 heteroatoms. The highest BCUT2D eigenvalue weighted by molar-refractivity contribution is 9.10. The lowest BCUT2D eigenvalue weighted by Gasteiger charge is -2.10. The van der Waals surface area contributed by atoms with Gasteiger partial charge in [0, 0.05) is 22.8 Å². The Labute approximate surface area is 107 Å². The van der Waals surface area contributed by atoms with E-state index in [0.717, 1.165) is 29.6 Å². The number of nitrogens with zero attached hydrogens (tertiary/aromatic N) is 2. The quantitative estimate of drug-likeness (QED) is 0.873. The van der Waals surface area contributed by atoms with E-state index in [1.807, 2.05) is 12.1 Å². The van der Waals surface area contributed by atoms with E-state index in [1.54, 1.807) is 16.7 Å². The summed E-state index contributed by atoms with van der Waals surface area (Å²) in [5, 5.41) is 3.36. The maximum atomic E-state index is 11.9. The lowest BCUT2D eigenvalue weighted by molar-refractivity contribution is 0.626. The van der Waals surface area contributed by atoms with Crippen LogP contribution in [-0.2, 0) is 0 Å². The fourth-order valence-electron chi connectivity index (χ4n) is 2.21. The molecular formula is C12H12BrN3O. The highest BCUT2D eigenvalue weighted by Crippen LogP contribution is 2.21. The van der Waals surface area contributed by atoms with Crippen molar-refractivity contribution in [1.29, 1.82) is 0 Å². The Kier molecular flexibility index (Phi) is 2.72. The van der Waals surface area contributed by atoms with E-state index >= 15 is 0 Å². The predicted octanol–water partition coefficient (Wildman–Crippen LogP) is 1.88. The Morgan fingerprint density at radius 2 is 2.35 bits per heavy atom. The highest BCUT2D eigenvalue weighted by atomic mass is 79.9. The molecule has 0 aromatic carbocycles. The molecule has 1 aliphatic rings. The first-order chi connectivity index (χ1) is 8.24. The molecule has 17 heavy (non-hydrogen) atoms. The van der Waals surface area contributed by atoms with Crippen molar-refractivity contribution in [2.45, 2.75) is 18.9 Å². The number of aromatic nitrogens is 2. The summed E-state index contributed by atoms with van der Waals surface area (Å²) in [6.45, 7) is 1.00. The van der Waals surface area contributed by atoms with Crippen LogP contribution in [0, 0.1) is 0 Å². The number of nitrogens with one attached hydrogen (secondary N) is 1. The second kappa shape index (κ2) is 4.23. The zero-order valence-electron chi connectivity index (χ0n) is 9.19. The monoisotopic (exact) mass is 293 g/mol. The van der Waals surface area contributed by atoms with Gasteiger partial charge in [0.1, 0.15) is 5.65 Å². The molecule has 3 heterocycles. The molecule has 1 unspecified atom stereocenters. The van der Waals surface area contributed by atoms with Gasteiger partial charge < -0.3 is 5.32 Å². The van der Waals surface area contributed by atoms with Crippen molar-refractivity contribution in [2.75, 3.05) is 6.54 Å². The Morgan fingerprint density at radius 3 is 3.12 bits per heavy atom. The highest BCUT2D eigenvalue weighted by Gasteiger charge is 2.18. The third kappa shape index (κ3) is 2.00. The molecule has 2 aromatic rings. The van der Waals surface area contributed by atoms with E-state index in [4.69, 9.17) is 0 Å². The summed E-state index contributed by atoms with van der Waals surface area (Å²) in [7, 11) is 0. The second-order valence-corrected chi connectivity index (χ2v) is 5.16. The van der Waals surface area contributed by atoms with Crippen molar-refractivity contribution in [3.8, 4) is 0 Å². The number of rotatable bonds is 1. The molecule has 1 aliphatic heterocycles. The van der Waals surface area contributed by atoms with Gasteiger partial charge in [-0.05, 0) is 31.5 Å². The van der Waals surface area contributed by atoms with Crippen molar-refractivity contribution in [1.82, 2.24) is 14.7 Å². The lowest BCUT2D eigenvalue weighted by Crippen LogP contribution is -2.20. The Hall–Kier alpha value is -1.20. The summed E-state index contributed by atoms with van der Waals surface area (Å²) in [6.07, 6.45) is 3.93. The van der Waals surface area contributed by atoms with Gasteiger partial charge in [0.05, 0.1) is 5.69 Å². The number of hydrogen-bond donors (Lipinski definition) is 1. The molecule has 0 saturated carbocycles. The summed E-state index contributed by atoms with van der Waals surface area (Å²) in [5.74, 6) is 0. The number of fused-ring (bicyclic) bond motifs is 1. The van der Waals surface area contributed by atoms with Crippen LogP contribution < -0.4 is 10.9 Å². The minimum Gasteiger partial charge on any atom is -0.309 e. The SMILES string of the molecule is O=c1cc(C2CCCN2)nc2cc(Br)ccn12. The third-order valence-electron chi connectivity index (χ3n) is 3.07. The lowest BCUT2D eigenvalue weighted by atomic mass is 10.1. The molecule has 0 bridgehead atoms. The number of hydrogen-bond acceptors (Lipinski definition) is 3. The summed E-state index contributed by atoms with van der Waals surface area (Å²) in [5.41, 5.74) is 1.52. The van der Waals surface area contributed by atoms with Gasteiger partial charge in [-0.25, -0.2) is 4.98 Å². The fraction of sp³-hybridized carbons (Fsp3) is 0.333. The standard InChI is InChI=1S/C12H12BrN3O/c13-8-3-5-16-11(6-8)15-10(7-12(16)17)9-2-1-4-14-9/h3,5-7,9,14H,1-2,4H2. The molecule has 0 aliphatic carbocycles. The van der Waals surface area contributed by atoms with E-state index in [1.165, 1.54) is 0 Å². The average molecular weight is 294 g/mol. The van der Waals surface area contributed by atoms with E-state index in [0.29, 0.717) is 5.65 Å². The van der Waals surface area contributed by atoms with Crippen LogP contribution in [0.5, 0.6) is 0 Å². The Bertz CT molecular complexity index is 617. The first-order valence-corrected chi connectivity index (χ1v) is 6.45. The summed E-state index contributed by atoms with van der Waals surface area (Å²) in [4.78, 5) is 16.5. The van der Waals surface area contributed by atoms with E-state index < -0.39 is 0 Å². The molecule has 88 valence electrons. The van der Waals surface area contributed by atoms with Gasteiger partial charge in [0.15, 0.2) is 0 Å².